The van der Waals surface area contributed by atoms with Crippen LogP contribution in [0.5, 0.6) is 0 Å². The second-order valence-corrected chi connectivity index (χ2v) is 6.00. The van der Waals surface area contributed by atoms with E-state index < -0.39 is 0 Å². The van der Waals surface area contributed by atoms with E-state index in [1.807, 2.05) is 11.3 Å². The van der Waals surface area contributed by atoms with Crippen LogP contribution >= 0.6 is 11.3 Å². The summed E-state index contributed by atoms with van der Waals surface area (Å²) < 4.78 is 0. The third-order valence-electron chi connectivity index (χ3n) is 3.36. The van der Waals surface area contributed by atoms with Crippen molar-refractivity contribution in [3.8, 4) is 10.4 Å². The standard InChI is InChI=1S/C18H17NS/c19-13-15-6-8-16(9-7-15)18-11-10-17(20-18)12-14-4-2-1-3-5-14/h1-11H,12-13,19H2. The summed E-state index contributed by atoms with van der Waals surface area (Å²) in [5.41, 5.74) is 9.44. The van der Waals surface area contributed by atoms with Crippen LogP contribution in [0.3, 0.4) is 0 Å². The molecular weight excluding hydrogens is 262 g/mol. The van der Waals surface area contributed by atoms with Crippen LogP contribution in [0.15, 0.2) is 66.7 Å². The molecule has 0 unspecified atom stereocenters. The molecule has 1 nitrogen and oxygen atoms in total. The summed E-state index contributed by atoms with van der Waals surface area (Å²) in [6.45, 7) is 0.601. The number of thiophene rings is 1. The summed E-state index contributed by atoms with van der Waals surface area (Å²) in [5, 5.41) is 0. The maximum absolute atomic E-state index is 5.63. The molecule has 20 heavy (non-hydrogen) atoms. The van der Waals surface area contributed by atoms with E-state index in [-0.39, 0.29) is 0 Å². The highest BCUT2D eigenvalue weighted by atomic mass is 32.1. The molecular formula is C18H17NS. The fraction of sp³-hybridized carbons (Fsp3) is 0.111. The first kappa shape index (κ1) is 13.1. The Kier molecular flexibility index (Phi) is 3.95. The average molecular weight is 279 g/mol. The molecule has 0 atom stereocenters. The highest BCUT2D eigenvalue weighted by Crippen LogP contribution is 2.29. The molecule has 3 rings (SSSR count). The lowest BCUT2D eigenvalue weighted by atomic mass is 10.1. The van der Waals surface area contributed by atoms with Gasteiger partial charge in [0.05, 0.1) is 0 Å². The molecule has 1 aromatic heterocycles. The Bertz CT molecular complexity index is 668. The smallest absolute Gasteiger partial charge is 0.0345 e. The minimum atomic E-state index is 0.601. The second kappa shape index (κ2) is 6.04. The molecule has 2 aromatic carbocycles. The van der Waals surface area contributed by atoms with Gasteiger partial charge in [-0.3, -0.25) is 0 Å². The normalized spacial score (nSPS) is 10.7. The minimum Gasteiger partial charge on any atom is -0.326 e. The van der Waals surface area contributed by atoms with Gasteiger partial charge in [0.15, 0.2) is 0 Å². The molecule has 0 aliphatic heterocycles. The van der Waals surface area contributed by atoms with Gasteiger partial charge < -0.3 is 5.73 Å². The Hall–Kier alpha value is -1.90. The molecule has 0 fully saturated rings. The van der Waals surface area contributed by atoms with E-state index in [1.165, 1.54) is 26.4 Å². The van der Waals surface area contributed by atoms with Gasteiger partial charge in [0, 0.05) is 22.7 Å². The maximum Gasteiger partial charge on any atom is 0.0345 e. The van der Waals surface area contributed by atoms with Crippen LogP contribution in [0.4, 0.5) is 0 Å². The number of benzene rings is 2. The van der Waals surface area contributed by atoms with Gasteiger partial charge in [-0.15, -0.1) is 11.3 Å². The molecule has 0 aliphatic rings. The Morgan fingerprint density at radius 2 is 1.50 bits per heavy atom. The van der Waals surface area contributed by atoms with Crippen molar-refractivity contribution >= 4 is 11.3 Å². The average Bonchev–Trinajstić information content (AvgIpc) is 2.97. The van der Waals surface area contributed by atoms with E-state index in [9.17, 15) is 0 Å². The molecule has 0 radical (unpaired) electrons. The van der Waals surface area contributed by atoms with Crippen molar-refractivity contribution in [1.29, 1.82) is 0 Å². The molecule has 2 heteroatoms. The van der Waals surface area contributed by atoms with Crippen LogP contribution in [-0.4, -0.2) is 0 Å². The van der Waals surface area contributed by atoms with Crippen LogP contribution in [0, 0.1) is 0 Å². The summed E-state index contributed by atoms with van der Waals surface area (Å²) in [6, 6.07) is 23.5. The molecule has 0 spiro atoms. The largest absolute Gasteiger partial charge is 0.326 e. The first-order chi connectivity index (χ1) is 9.85. The monoisotopic (exact) mass is 279 g/mol. The summed E-state index contributed by atoms with van der Waals surface area (Å²) in [7, 11) is 0. The van der Waals surface area contributed by atoms with E-state index in [1.54, 1.807) is 0 Å². The zero-order valence-corrected chi connectivity index (χ0v) is 12.1. The number of hydrogen-bond donors (Lipinski definition) is 1. The predicted molar refractivity (Wildman–Crippen MR) is 86.9 cm³/mol. The zero-order valence-electron chi connectivity index (χ0n) is 11.3. The van der Waals surface area contributed by atoms with Crippen molar-refractivity contribution in [2.24, 2.45) is 5.73 Å². The van der Waals surface area contributed by atoms with E-state index in [4.69, 9.17) is 5.73 Å². The lowest BCUT2D eigenvalue weighted by Gasteiger charge is -2.00. The fourth-order valence-corrected chi connectivity index (χ4v) is 3.28. The van der Waals surface area contributed by atoms with Crippen molar-refractivity contribution in [2.75, 3.05) is 0 Å². The quantitative estimate of drug-likeness (QED) is 0.749. The predicted octanol–water partition coefficient (Wildman–Crippen LogP) is 4.46. The van der Waals surface area contributed by atoms with Gasteiger partial charge in [0.1, 0.15) is 0 Å². The van der Waals surface area contributed by atoms with E-state index in [2.05, 4.69) is 66.7 Å². The van der Waals surface area contributed by atoms with E-state index in [0.29, 0.717) is 6.54 Å². The lowest BCUT2D eigenvalue weighted by molar-refractivity contribution is 1.07. The summed E-state index contributed by atoms with van der Waals surface area (Å²) >= 11 is 1.86. The van der Waals surface area contributed by atoms with Crippen molar-refractivity contribution in [3.05, 3.63) is 82.7 Å². The molecule has 3 aromatic rings. The maximum atomic E-state index is 5.63. The topological polar surface area (TPSA) is 26.0 Å². The van der Waals surface area contributed by atoms with Crippen molar-refractivity contribution < 1.29 is 0 Å². The fourth-order valence-electron chi connectivity index (χ4n) is 2.23. The van der Waals surface area contributed by atoms with Gasteiger partial charge in [0.2, 0.25) is 0 Å². The van der Waals surface area contributed by atoms with E-state index >= 15 is 0 Å². The van der Waals surface area contributed by atoms with Gasteiger partial charge in [-0.05, 0) is 28.8 Å². The third kappa shape index (κ3) is 2.98. The highest BCUT2D eigenvalue weighted by Gasteiger charge is 2.04. The molecule has 0 amide bonds. The van der Waals surface area contributed by atoms with Crippen molar-refractivity contribution in [3.63, 3.8) is 0 Å². The number of nitrogens with two attached hydrogens (primary N) is 1. The molecule has 0 bridgehead atoms. The number of hydrogen-bond acceptors (Lipinski definition) is 2. The first-order valence-corrected chi connectivity index (χ1v) is 7.59. The highest BCUT2D eigenvalue weighted by molar-refractivity contribution is 7.15. The second-order valence-electron chi connectivity index (χ2n) is 4.83. The van der Waals surface area contributed by atoms with Crippen LogP contribution in [-0.2, 0) is 13.0 Å². The van der Waals surface area contributed by atoms with Gasteiger partial charge in [-0.1, -0.05) is 54.6 Å². The Labute approximate surface area is 123 Å². The molecule has 0 saturated heterocycles. The van der Waals surface area contributed by atoms with E-state index in [0.717, 1.165) is 6.42 Å². The van der Waals surface area contributed by atoms with Crippen LogP contribution in [0.2, 0.25) is 0 Å². The van der Waals surface area contributed by atoms with Crippen molar-refractivity contribution in [1.82, 2.24) is 0 Å². The Morgan fingerprint density at radius 1 is 0.750 bits per heavy atom. The van der Waals surface area contributed by atoms with Crippen molar-refractivity contribution in [2.45, 2.75) is 13.0 Å². The summed E-state index contributed by atoms with van der Waals surface area (Å²) in [4.78, 5) is 2.72. The summed E-state index contributed by atoms with van der Waals surface area (Å²) in [6.07, 6.45) is 1.01. The van der Waals surface area contributed by atoms with Crippen LogP contribution in [0.1, 0.15) is 16.0 Å². The van der Waals surface area contributed by atoms with Gasteiger partial charge in [0.25, 0.3) is 0 Å². The minimum absolute atomic E-state index is 0.601. The van der Waals surface area contributed by atoms with Gasteiger partial charge >= 0.3 is 0 Å². The van der Waals surface area contributed by atoms with Crippen LogP contribution in [0.25, 0.3) is 10.4 Å². The third-order valence-corrected chi connectivity index (χ3v) is 4.49. The zero-order chi connectivity index (χ0) is 13.8. The molecule has 2 N–H and O–H groups in total. The lowest BCUT2D eigenvalue weighted by Crippen LogP contribution is -1.94. The Morgan fingerprint density at radius 3 is 2.20 bits per heavy atom. The van der Waals surface area contributed by atoms with Crippen LogP contribution < -0.4 is 5.73 Å². The van der Waals surface area contributed by atoms with Gasteiger partial charge in [-0.25, -0.2) is 0 Å². The molecule has 1 heterocycles. The summed E-state index contributed by atoms with van der Waals surface area (Å²) in [5.74, 6) is 0. The molecule has 100 valence electrons. The number of rotatable bonds is 4. The molecule has 0 aliphatic carbocycles. The molecule has 0 saturated carbocycles. The first-order valence-electron chi connectivity index (χ1n) is 6.77. The Balaban J connectivity index is 1.79. The SMILES string of the molecule is NCc1ccc(-c2ccc(Cc3ccccc3)s2)cc1. The van der Waals surface area contributed by atoms with Gasteiger partial charge in [-0.2, -0.15) is 0 Å².